The molecule has 9 heavy (non-hydrogen) atoms. The third-order valence-corrected chi connectivity index (χ3v) is 0.612. The molecular weight excluding hydrogens is 147 g/mol. The van der Waals surface area contributed by atoms with E-state index < -0.39 is 18.7 Å². The van der Waals surface area contributed by atoms with Gasteiger partial charge in [-0.25, -0.2) is 17.6 Å². The summed E-state index contributed by atoms with van der Waals surface area (Å²) in [6.07, 6.45) is -8.14. The first-order valence-corrected chi connectivity index (χ1v) is 1.86. The van der Waals surface area contributed by atoms with Crippen LogP contribution in [0, 0.1) is 0 Å². The zero-order valence-corrected chi connectivity index (χ0v) is 3.99. The Labute approximate surface area is 47.1 Å². The lowest BCUT2D eigenvalue weighted by atomic mass is 10.3. The molecule has 0 unspecified atom stereocenters. The van der Waals surface area contributed by atoms with Gasteiger partial charge in [-0.05, 0) is 0 Å². The first-order valence-electron chi connectivity index (χ1n) is 1.86. The van der Waals surface area contributed by atoms with Gasteiger partial charge in [0.05, 0.1) is 0 Å². The molecule has 0 atom stereocenters. The average molecular weight is 150 g/mol. The van der Waals surface area contributed by atoms with Crippen LogP contribution in [0.25, 0.3) is 0 Å². The largest absolute Gasteiger partial charge is 0.353 e. The van der Waals surface area contributed by atoms with Crippen LogP contribution in [0.2, 0.25) is 0 Å². The van der Waals surface area contributed by atoms with Crippen molar-refractivity contribution >= 4 is 0 Å². The summed E-state index contributed by atoms with van der Waals surface area (Å²) in [6.45, 7) is 0. The maximum absolute atomic E-state index is 11.4. The van der Waals surface area contributed by atoms with Gasteiger partial charge in [0.25, 0.3) is 0 Å². The second kappa shape index (κ2) is 2.47. The van der Waals surface area contributed by atoms with Gasteiger partial charge in [0.1, 0.15) is 0 Å². The van der Waals surface area contributed by atoms with Crippen molar-refractivity contribution in [1.82, 2.24) is 0 Å². The van der Waals surface area contributed by atoms with E-state index in [0.29, 0.717) is 0 Å². The van der Waals surface area contributed by atoms with Gasteiger partial charge in [0.15, 0.2) is 0 Å². The lowest BCUT2D eigenvalue weighted by Crippen LogP contribution is -2.39. The van der Waals surface area contributed by atoms with Gasteiger partial charge in [0.2, 0.25) is 0 Å². The smallest absolute Gasteiger partial charge is 0.329 e. The van der Waals surface area contributed by atoms with Crippen LogP contribution in [0.3, 0.4) is 0 Å². The Bertz CT molecular complexity index is 80.2. The predicted molar refractivity (Wildman–Crippen MR) is 18.1 cm³/mol. The first-order chi connectivity index (χ1) is 3.89. The van der Waals surface area contributed by atoms with Crippen molar-refractivity contribution < 1.29 is 27.1 Å². The second-order valence-corrected chi connectivity index (χ2v) is 1.33. The number of aliphatic hydroxyl groups is 1. The van der Waals surface area contributed by atoms with Crippen molar-refractivity contribution in [2.45, 2.75) is 18.7 Å². The van der Waals surface area contributed by atoms with Crippen molar-refractivity contribution in [3.63, 3.8) is 0 Å². The van der Waals surface area contributed by atoms with Gasteiger partial charge >= 0.3 is 18.7 Å². The van der Waals surface area contributed by atoms with Crippen LogP contribution < -0.4 is 0 Å². The van der Waals surface area contributed by atoms with Crippen LogP contribution >= 0.6 is 0 Å². The highest BCUT2D eigenvalue weighted by Crippen LogP contribution is 2.24. The molecule has 0 aromatic carbocycles. The maximum Gasteiger partial charge on any atom is 0.329 e. The van der Waals surface area contributed by atoms with Crippen molar-refractivity contribution in [3.8, 4) is 0 Å². The molecule has 0 fully saturated rings. The standard InChI is InChI=1S/C3H3F5O/c4-1(5)3(8,9)2(6)7/h1-2,9H. The summed E-state index contributed by atoms with van der Waals surface area (Å²) < 4.78 is 55.2. The number of rotatable bonds is 2. The Morgan fingerprint density at radius 2 is 1.22 bits per heavy atom. The van der Waals surface area contributed by atoms with Crippen LogP contribution in [0.1, 0.15) is 0 Å². The Morgan fingerprint density at radius 1 is 1.00 bits per heavy atom. The molecule has 56 valence electrons. The summed E-state index contributed by atoms with van der Waals surface area (Å²) in [7, 11) is 0. The normalized spacial score (nSPS) is 13.3. The molecule has 0 radical (unpaired) electrons. The zero-order valence-electron chi connectivity index (χ0n) is 3.99. The average Bonchev–Trinajstić information content (AvgIpc) is 1.65. The maximum atomic E-state index is 11.4. The molecule has 0 aliphatic rings. The highest BCUT2D eigenvalue weighted by Gasteiger charge is 2.47. The molecule has 0 spiro atoms. The van der Waals surface area contributed by atoms with E-state index in [-0.39, 0.29) is 0 Å². The third kappa shape index (κ3) is 1.78. The molecule has 0 saturated heterocycles. The SMILES string of the molecule is OC(F)(C(F)F)C(F)F. The summed E-state index contributed by atoms with van der Waals surface area (Å²) in [4.78, 5) is 0. The summed E-state index contributed by atoms with van der Waals surface area (Å²) >= 11 is 0. The van der Waals surface area contributed by atoms with Gasteiger partial charge in [-0.2, -0.15) is 4.39 Å². The number of hydrogen-bond donors (Lipinski definition) is 1. The molecule has 1 nitrogen and oxygen atoms in total. The monoisotopic (exact) mass is 150 g/mol. The number of alkyl halides is 5. The van der Waals surface area contributed by atoms with Crippen molar-refractivity contribution in [1.29, 1.82) is 0 Å². The topological polar surface area (TPSA) is 20.2 Å². The molecule has 0 heterocycles. The van der Waals surface area contributed by atoms with Crippen LogP contribution in [-0.2, 0) is 0 Å². The summed E-state index contributed by atoms with van der Waals surface area (Å²) in [6, 6.07) is 0. The Morgan fingerprint density at radius 3 is 1.22 bits per heavy atom. The van der Waals surface area contributed by atoms with E-state index in [0.717, 1.165) is 0 Å². The van der Waals surface area contributed by atoms with Crippen LogP contribution in [-0.4, -0.2) is 23.8 Å². The molecule has 0 rings (SSSR count). The van der Waals surface area contributed by atoms with E-state index in [1.54, 1.807) is 0 Å². The second-order valence-electron chi connectivity index (χ2n) is 1.33. The minimum atomic E-state index is -4.67. The third-order valence-electron chi connectivity index (χ3n) is 0.612. The predicted octanol–water partition coefficient (Wildman–Crippen LogP) is 1.17. The molecule has 0 aromatic heterocycles. The zero-order chi connectivity index (χ0) is 7.65. The molecule has 0 aliphatic heterocycles. The van der Waals surface area contributed by atoms with Crippen molar-refractivity contribution in [2.75, 3.05) is 0 Å². The van der Waals surface area contributed by atoms with E-state index in [4.69, 9.17) is 5.11 Å². The lowest BCUT2D eigenvalue weighted by molar-refractivity contribution is -0.252. The van der Waals surface area contributed by atoms with E-state index in [1.807, 2.05) is 0 Å². The Kier molecular flexibility index (Phi) is 2.36. The Hall–Kier alpha value is -0.390. The van der Waals surface area contributed by atoms with E-state index in [9.17, 15) is 22.0 Å². The first kappa shape index (κ1) is 8.61. The van der Waals surface area contributed by atoms with Gasteiger partial charge in [-0.15, -0.1) is 0 Å². The molecule has 1 N–H and O–H groups in total. The summed E-state index contributed by atoms with van der Waals surface area (Å²) in [5, 5.41) is 7.50. The van der Waals surface area contributed by atoms with Gasteiger partial charge in [0, 0.05) is 0 Å². The quantitative estimate of drug-likeness (QED) is 0.586. The summed E-state index contributed by atoms with van der Waals surface area (Å²) in [5.74, 6) is -4.67. The molecular formula is C3H3F5O. The van der Waals surface area contributed by atoms with Crippen LogP contribution in [0.15, 0.2) is 0 Å². The van der Waals surface area contributed by atoms with E-state index in [1.165, 1.54) is 0 Å². The van der Waals surface area contributed by atoms with Crippen LogP contribution in [0.4, 0.5) is 22.0 Å². The Balaban J connectivity index is 4.01. The van der Waals surface area contributed by atoms with Gasteiger partial charge in [-0.1, -0.05) is 0 Å². The highest BCUT2D eigenvalue weighted by molar-refractivity contribution is 4.70. The minimum absolute atomic E-state index is 4.07. The molecule has 0 aliphatic carbocycles. The molecule has 0 saturated carbocycles. The number of hydrogen-bond acceptors (Lipinski definition) is 1. The molecule has 6 heteroatoms. The molecule has 0 amide bonds. The van der Waals surface area contributed by atoms with E-state index in [2.05, 4.69) is 0 Å². The molecule has 0 aromatic rings. The van der Waals surface area contributed by atoms with E-state index >= 15 is 0 Å². The van der Waals surface area contributed by atoms with Crippen molar-refractivity contribution in [3.05, 3.63) is 0 Å². The summed E-state index contributed by atoms with van der Waals surface area (Å²) in [5.41, 5.74) is 0. The van der Waals surface area contributed by atoms with Gasteiger partial charge < -0.3 is 5.11 Å². The molecule has 0 bridgehead atoms. The number of halogens is 5. The fourth-order valence-electron chi connectivity index (χ4n) is 0.0952. The van der Waals surface area contributed by atoms with Crippen LogP contribution in [0.5, 0.6) is 0 Å². The highest BCUT2D eigenvalue weighted by atomic mass is 19.3. The minimum Gasteiger partial charge on any atom is -0.353 e. The van der Waals surface area contributed by atoms with Crippen molar-refractivity contribution in [2.24, 2.45) is 0 Å². The lowest BCUT2D eigenvalue weighted by Gasteiger charge is -2.15. The van der Waals surface area contributed by atoms with Gasteiger partial charge in [-0.3, -0.25) is 0 Å². The fraction of sp³-hybridized carbons (Fsp3) is 1.00. The fourth-order valence-corrected chi connectivity index (χ4v) is 0.0952.